The van der Waals surface area contributed by atoms with Crippen molar-refractivity contribution < 1.29 is 9.32 Å². The van der Waals surface area contributed by atoms with E-state index >= 15 is 0 Å². The van der Waals surface area contributed by atoms with Crippen LogP contribution in [0.3, 0.4) is 0 Å². The first-order valence-corrected chi connectivity index (χ1v) is 10.7. The number of rotatable bonds is 4. The average Bonchev–Trinajstić information content (AvgIpc) is 3.41. The lowest BCUT2D eigenvalue weighted by molar-refractivity contribution is -0.142. The second-order valence-electron chi connectivity index (χ2n) is 7.11. The van der Waals surface area contributed by atoms with Crippen molar-refractivity contribution in [2.75, 3.05) is 13.1 Å². The molecule has 26 heavy (non-hydrogen) atoms. The van der Waals surface area contributed by atoms with Gasteiger partial charge < -0.3 is 9.42 Å². The Morgan fingerprint density at radius 3 is 2.62 bits per heavy atom. The van der Waals surface area contributed by atoms with Crippen LogP contribution < -0.4 is 0 Å². The van der Waals surface area contributed by atoms with Crippen molar-refractivity contribution in [2.45, 2.75) is 37.0 Å². The molecule has 4 heterocycles. The molecule has 1 aliphatic carbocycles. The minimum absolute atomic E-state index is 0.155. The third-order valence-corrected chi connectivity index (χ3v) is 7.50. The predicted octanol–water partition coefficient (Wildman–Crippen LogP) is 4.30. The maximum Gasteiger partial charge on any atom is 0.234 e. The molecule has 2 aliphatic rings. The molecule has 1 aliphatic heterocycles. The fourth-order valence-electron chi connectivity index (χ4n) is 4.11. The van der Waals surface area contributed by atoms with Gasteiger partial charge in [0.25, 0.3) is 0 Å². The van der Waals surface area contributed by atoms with Gasteiger partial charge in [-0.2, -0.15) is 4.98 Å². The monoisotopic (exact) mass is 385 g/mol. The fraction of sp³-hybridized carbons (Fsp3) is 0.421. The second-order valence-corrected chi connectivity index (χ2v) is 9.00. The lowest BCUT2D eigenvalue weighted by Crippen LogP contribution is -2.55. The van der Waals surface area contributed by atoms with Gasteiger partial charge in [0, 0.05) is 18.0 Å². The molecule has 5 rings (SSSR count). The molecule has 1 saturated heterocycles. The molecule has 0 spiro atoms. The third-order valence-electron chi connectivity index (χ3n) is 5.56. The zero-order valence-electron chi connectivity index (χ0n) is 14.3. The normalized spacial score (nSPS) is 19.6. The van der Waals surface area contributed by atoms with Gasteiger partial charge in [0.1, 0.15) is 0 Å². The first-order chi connectivity index (χ1) is 12.8. The molecule has 0 atom stereocenters. The highest BCUT2D eigenvalue weighted by Gasteiger charge is 2.49. The Labute approximate surface area is 159 Å². The van der Waals surface area contributed by atoms with Crippen LogP contribution in [-0.2, 0) is 10.2 Å². The highest BCUT2D eigenvalue weighted by molar-refractivity contribution is 7.13. The van der Waals surface area contributed by atoms with Gasteiger partial charge in [-0.15, -0.1) is 22.7 Å². The molecule has 3 aromatic heterocycles. The molecular formula is C19H19N3O2S2. The number of nitrogens with zero attached hydrogens (tertiary/aromatic N) is 3. The Balaban J connectivity index is 1.30. The van der Waals surface area contributed by atoms with Gasteiger partial charge in [0.05, 0.1) is 16.2 Å². The van der Waals surface area contributed by atoms with E-state index in [-0.39, 0.29) is 17.2 Å². The largest absolute Gasteiger partial charge is 0.340 e. The van der Waals surface area contributed by atoms with E-state index in [9.17, 15) is 4.79 Å². The maximum absolute atomic E-state index is 13.3. The number of amides is 1. The van der Waals surface area contributed by atoms with E-state index in [1.54, 1.807) is 22.7 Å². The maximum atomic E-state index is 13.3. The lowest BCUT2D eigenvalue weighted by atomic mass is 9.81. The summed E-state index contributed by atoms with van der Waals surface area (Å²) in [5.74, 6) is 1.73. The van der Waals surface area contributed by atoms with Crippen LogP contribution in [0.1, 0.15) is 42.4 Å². The summed E-state index contributed by atoms with van der Waals surface area (Å²) in [5, 5.41) is 8.16. The molecule has 2 fully saturated rings. The predicted molar refractivity (Wildman–Crippen MR) is 101 cm³/mol. The van der Waals surface area contributed by atoms with Crippen LogP contribution in [-0.4, -0.2) is 34.0 Å². The summed E-state index contributed by atoms with van der Waals surface area (Å²) < 4.78 is 5.45. The van der Waals surface area contributed by atoms with Crippen molar-refractivity contribution in [1.82, 2.24) is 15.0 Å². The molecule has 7 heteroatoms. The zero-order valence-corrected chi connectivity index (χ0v) is 15.9. The summed E-state index contributed by atoms with van der Waals surface area (Å²) in [4.78, 5) is 22.0. The molecule has 0 bridgehead atoms. The molecule has 1 amide bonds. The van der Waals surface area contributed by atoms with Crippen LogP contribution in [0.15, 0.2) is 39.5 Å². The Morgan fingerprint density at radius 2 is 1.92 bits per heavy atom. The summed E-state index contributed by atoms with van der Waals surface area (Å²) in [7, 11) is 0. The number of hydrogen-bond acceptors (Lipinski definition) is 6. The lowest BCUT2D eigenvalue weighted by Gasteiger charge is -2.42. The van der Waals surface area contributed by atoms with Crippen LogP contribution >= 0.6 is 22.7 Å². The standard InChI is InChI=1S/C19H19N3O2S2/c23-18(19(7-1-2-8-19)15-6-4-10-26-15)22-11-13(12-22)17-20-16(21-24-17)14-5-3-9-25-14/h3-6,9-10,13H,1-2,7-8,11-12H2. The summed E-state index contributed by atoms with van der Waals surface area (Å²) in [6.07, 6.45) is 4.21. The van der Waals surface area contributed by atoms with Crippen molar-refractivity contribution in [1.29, 1.82) is 0 Å². The average molecular weight is 386 g/mol. The molecule has 5 nitrogen and oxygen atoms in total. The van der Waals surface area contributed by atoms with E-state index in [1.807, 2.05) is 22.4 Å². The topological polar surface area (TPSA) is 59.2 Å². The van der Waals surface area contributed by atoms with E-state index in [4.69, 9.17) is 4.52 Å². The van der Waals surface area contributed by atoms with Gasteiger partial charge in [-0.05, 0) is 35.7 Å². The van der Waals surface area contributed by atoms with Crippen LogP contribution in [0.5, 0.6) is 0 Å². The van der Waals surface area contributed by atoms with Crippen LogP contribution in [0.25, 0.3) is 10.7 Å². The number of thiophene rings is 2. The third kappa shape index (κ3) is 2.53. The first-order valence-electron chi connectivity index (χ1n) is 8.97. The Bertz CT molecular complexity index is 889. The van der Waals surface area contributed by atoms with Crippen molar-refractivity contribution in [3.63, 3.8) is 0 Å². The summed E-state index contributed by atoms with van der Waals surface area (Å²) in [6.45, 7) is 1.36. The number of aromatic nitrogens is 2. The molecule has 3 aromatic rings. The van der Waals surface area contributed by atoms with Crippen LogP contribution in [0, 0.1) is 0 Å². The SMILES string of the molecule is O=C(N1CC(c2nc(-c3cccs3)no2)C1)C1(c2cccs2)CCCC1. The van der Waals surface area contributed by atoms with E-state index < -0.39 is 0 Å². The number of hydrogen-bond donors (Lipinski definition) is 0. The summed E-state index contributed by atoms with van der Waals surface area (Å²) in [5.41, 5.74) is -0.296. The molecule has 0 aromatic carbocycles. The fourth-order valence-corrected chi connectivity index (χ4v) is 5.73. The summed E-state index contributed by atoms with van der Waals surface area (Å²) in [6, 6.07) is 8.14. The number of likely N-dealkylation sites (tertiary alicyclic amines) is 1. The highest BCUT2D eigenvalue weighted by atomic mass is 32.1. The summed E-state index contributed by atoms with van der Waals surface area (Å²) >= 11 is 3.31. The van der Waals surface area contributed by atoms with Gasteiger partial charge >= 0.3 is 0 Å². The molecule has 0 radical (unpaired) electrons. The van der Waals surface area contributed by atoms with Gasteiger partial charge in [-0.1, -0.05) is 30.1 Å². The molecule has 134 valence electrons. The molecule has 0 N–H and O–H groups in total. The first kappa shape index (κ1) is 16.2. The van der Waals surface area contributed by atoms with Crippen molar-refractivity contribution in [2.24, 2.45) is 0 Å². The minimum Gasteiger partial charge on any atom is -0.340 e. The Morgan fingerprint density at radius 1 is 1.15 bits per heavy atom. The zero-order chi connectivity index (χ0) is 17.6. The Kier molecular flexibility index (Phi) is 3.94. The number of carbonyl (C=O) groups is 1. The van der Waals surface area contributed by atoms with Crippen LogP contribution in [0.2, 0.25) is 0 Å². The molecular weight excluding hydrogens is 366 g/mol. The second kappa shape index (κ2) is 6.32. The van der Waals surface area contributed by atoms with E-state index in [2.05, 4.69) is 27.7 Å². The van der Waals surface area contributed by atoms with Crippen molar-refractivity contribution in [3.05, 3.63) is 45.8 Å². The quantitative estimate of drug-likeness (QED) is 0.672. The minimum atomic E-state index is -0.296. The number of carbonyl (C=O) groups excluding carboxylic acids is 1. The van der Waals surface area contributed by atoms with Crippen molar-refractivity contribution >= 4 is 28.6 Å². The molecule has 1 saturated carbocycles. The van der Waals surface area contributed by atoms with Gasteiger partial charge in [0.15, 0.2) is 0 Å². The van der Waals surface area contributed by atoms with Crippen LogP contribution in [0.4, 0.5) is 0 Å². The van der Waals surface area contributed by atoms with E-state index in [0.717, 1.165) is 30.6 Å². The Hall–Kier alpha value is -1.99. The molecule has 0 unspecified atom stereocenters. The highest BCUT2D eigenvalue weighted by Crippen LogP contribution is 2.46. The van der Waals surface area contributed by atoms with Gasteiger partial charge in [-0.3, -0.25) is 4.79 Å². The van der Waals surface area contributed by atoms with Gasteiger partial charge in [-0.25, -0.2) is 0 Å². The van der Waals surface area contributed by atoms with E-state index in [0.29, 0.717) is 24.8 Å². The van der Waals surface area contributed by atoms with Crippen molar-refractivity contribution in [3.8, 4) is 10.7 Å². The van der Waals surface area contributed by atoms with Gasteiger partial charge in [0.2, 0.25) is 17.6 Å². The smallest absolute Gasteiger partial charge is 0.234 e. The van der Waals surface area contributed by atoms with E-state index in [1.165, 1.54) is 4.88 Å².